The molecular weight excluding hydrogens is 420 g/mol. The normalized spacial score (nSPS) is 27.1. The number of nitrogens with zero attached hydrogens (tertiary/aromatic N) is 3. The summed E-state index contributed by atoms with van der Waals surface area (Å²) in [4.78, 5) is 32.7. The minimum atomic E-state index is -0.333. The largest absolute Gasteiger partial charge is 0.342 e. The van der Waals surface area contributed by atoms with Crippen molar-refractivity contribution in [2.75, 3.05) is 24.6 Å². The molecule has 1 aliphatic carbocycles. The zero-order chi connectivity index (χ0) is 22.1. The van der Waals surface area contributed by atoms with Crippen molar-refractivity contribution >= 4 is 16.6 Å². The van der Waals surface area contributed by atoms with E-state index in [9.17, 15) is 9.59 Å². The van der Waals surface area contributed by atoms with E-state index in [1.165, 1.54) is 12.8 Å². The molecule has 6 nitrogen and oxygen atoms in total. The first-order valence-electron chi connectivity index (χ1n) is 11.8. The number of hydrogen-bond donors (Lipinski definition) is 1. The summed E-state index contributed by atoms with van der Waals surface area (Å²) in [5, 5.41) is 0. The van der Waals surface area contributed by atoms with Crippen molar-refractivity contribution in [3.8, 4) is 11.3 Å². The average Bonchev–Trinajstić information content (AvgIpc) is 3.46. The number of rotatable bonds is 4. The predicted molar refractivity (Wildman–Crippen MR) is 127 cm³/mol. The van der Waals surface area contributed by atoms with Crippen molar-refractivity contribution in [3.05, 3.63) is 53.1 Å². The monoisotopic (exact) mass is 452 g/mol. The van der Waals surface area contributed by atoms with Gasteiger partial charge in [-0.1, -0.05) is 43.2 Å². The Kier molecular flexibility index (Phi) is 6.01. The van der Waals surface area contributed by atoms with Gasteiger partial charge in [-0.15, -0.1) is 10.7 Å². The van der Waals surface area contributed by atoms with Crippen LogP contribution in [0, 0.1) is 22.0 Å². The molecule has 1 aromatic heterocycles. The Labute approximate surface area is 191 Å². The highest BCUT2D eigenvalue weighted by Crippen LogP contribution is 2.49. The van der Waals surface area contributed by atoms with Crippen LogP contribution in [-0.2, 0) is 22.0 Å². The highest BCUT2D eigenvalue weighted by Gasteiger charge is 2.47. The van der Waals surface area contributed by atoms with Gasteiger partial charge < -0.3 is 4.90 Å². The molecule has 1 N–H and O–H groups in total. The summed E-state index contributed by atoms with van der Waals surface area (Å²) in [5.74, 6) is 2.37. The Morgan fingerprint density at radius 1 is 1.19 bits per heavy atom. The first kappa shape index (κ1) is 21.6. The second-order valence-electron chi connectivity index (χ2n) is 9.79. The Morgan fingerprint density at radius 3 is 2.66 bits per heavy atom. The molecule has 3 unspecified atom stereocenters. The van der Waals surface area contributed by atoms with Gasteiger partial charge in [0.15, 0.2) is 0 Å². The lowest BCUT2D eigenvalue weighted by atomic mass is 9.69. The van der Waals surface area contributed by atoms with Crippen LogP contribution in [0.25, 0.3) is 11.3 Å². The lowest BCUT2D eigenvalue weighted by Gasteiger charge is -2.47. The van der Waals surface area contributed by atoms with Crippen molar-refractivity contribution in [3.63, 3.8) is 0 Å². The Balaban J connectivity index is 1.32. The molecule has 5 rings (SSSR count). The third-order valence-electron chi connectivity index (χ3n) is 7.86. The fourth-order valence-electron chi connectivity index (χ4n) is 6.04. The van der Waals surface area contributed by atoms with Gasteiger partial charge in [0.1, 0.15) is 0 Å². The second kappa shape index (κ2) is 8.93. The number of carbonyl (C=O) groups excluding carboxylic acids is 1. The Morgan fingerprint density at radius 2 is 1.97 bits per heavy atom. The van der Waals surface area contributed by atoms with Crippen molar-refractivity contribution in [1.82, 2.24) is 14.5 Å². The van der Waals surface area contributed by atoms with E-state index in [1.807, 2.05) is 30.3 Å². The molecule has 1 saturated carbocycles. The van der Waals surface area contributed by atoms with Crippen molar-refractivity contribution in [1.29, 1.82) is 4.78 Å². The van der Waals surface area contributed by atoms with Gasteiger partial charge in [0.25, 0.3) is 5.56 Å². The van der Waals surface area contributed by atoms with Gasteiger partial charge in [0, 0.05) is 48.7 Å². The van der Waals surface area contributed by atoms with E-state index in [-0.39, 0.29) is 33.5 Å². The molecule has 32 heavy (non-hydrogen) atoms. The molecule has 170 valence electrons. The summed E-state index contributed by atoms with van der Waals surface area (Å²) >= 11 is 0. The Hall–Kier alpha value is -2.28. The molecule has 1 amide bonds. The SMILES string of the molecule is N=S1CCC(C(=O)N2CCC(Cn3cnc(-c4ccccc4)cc3=O)C3(CCCC3)C2)C1. The highest BCUT2D eigenvalue weighted by molar-refractivity contribution is 7.86. The van der Waals surface area contributed by atoms with E-state index < -0.39 is 0 Å². The number of benzene rings is 1. The summed E-state index contributed by atoms with van der Waals surface area (Å²) in [7, 11) is -0.333. The van der Waals surface area contributed by atoms with Crippen molar-refractivity contribution in [2.24, 2.45) is 17.3 Å². The van der Waals surface area contributed by atoms with Crippen LogP contribution < -0.4 is 5.56 Å². The molecule has 3 atom stereocenters. The van der Waals surface area contributed by atoms with Crippen LogP contribution in [0.15, 0.2) is 47.5 Å². The van der Waals surface area contributed by atoms with Crippen molar-refractivity contribution < 1.29 is 4.79 Å². The molecule has 0 bridgehead atoms. The smallest absolute Gasteiger partial charge is 0.253 e. The molecule has 1 spiro atoms. The number of likely N-dealkylation sites (tertiary alicyclic amines) is 1. The number of amides is 1. The summed E-state index contributed by atoms with van der Waals surface area (Å²) in [6.07, 6.45) is 8.22. The maximum Gasteiger partial charge on any atom is 0.253 e. The van der Waals surface area contributed by atoms with E-state index in [1.54, 1.807) is 17.0 Å². The van der Waals surface area contributed by atoms with Gasteiger partial charge >= 0.3 is 0 Å². The standard InChI is InChI=1S/C25H32N4O2S/c26-32-13-9-20(16-32)24(31)28-12-8-21(25(17-28)10-4-5-11-25)15-29-18-27-22(14-23(29)30)19-6-2-1-3-7-19/h1-3,6-7,14,18,20-21,26H,4-5,8-13,15-17H2. The van der Waals surface area contributed by atoms with Gasteiger partial charge in [-0.2, -0.15) is 0 Å². The minimum absolute atomic E-state index is 0.000981. The number of aromatic nitrogens is 2. The molecule has 2 aliphatic heterocycles. The fraction of sp³-hybridized carbons (Fsp3) is 0.560. The predicted octanol–water partition coefficient (Wildman–Crippen LogP) is 3.72. The number of nitrogens with one attached hydrogen (secondary N) is 1. The topological polar surface area (TPSA) is 79.1 Å². The zero-order valence-electron chi connectivity index (χ0n) is 18.5. The van der Waals surface area contributed by atoms with Crippen LogP contribution >= 0.6 is 0 Å². The summed E-state index contributed by atoms with van der Waals surface area (Å²) < 4.78 is 9.77. The van der Waals surface area contributed by atoms with Gasteiger partial charge in [-0.3, -0.25) is 18.9 Å². The van der Waals surface area contributed by atoms with E-state index in [0.717, 1.165) is 55.8 Å². The first-order chi connectivity index (χ1) is 15.5. The van der Waals surface area contributed by atoms with Gasteiger partial charge in [-0.05, 0) is 37.0 Å². The minimum Gasteiger partial charge on any atom is -0.342 e. The highest BCUT2D eigenvalue weighted by atomic mass is 32.2. The van der Waals surface area contributed by atoms with Gasteiger partial charge in [0.05, 0.1) is 12.0 Å². The Bertz CT molecular complexity index is 1060. The van der Waals surface area contributed by atoms with E-state index in [4.69, 9.17) is 4.78 Å². The molecule has 3 fully saturated rings. The van der Waals surface area contributed by atoms with Gasteiger partial charge in [0.2, 0.25) is 5.91 Å². The van der Waals surface area contributed by atoms with Crippen LogP contribution in [0.1, 0.15) is 38.5 Å². The van der Waals surface area contributed by atoms with E-state index in [2.05, 4.69) is 9.88 Å². The average molecular weight is 453 g/mol. The number of carbonyl (C=O) groups is 1. The lowest BCUT2D eigenvalue weighted by Crippen LogP contribution is -2.52. The quantitative estimate of drug-likeness (QED) is 0.768. The third kappa shape index (κ3) is 4.19. The fourth-order valence-corrected chi connectivity index (χ4v) is 7.57. The molecule has 3 heterocycles. The first-order valence-corrected chi connectivity index (χ1v) is 13.4. The summed E-state index contributed by atoms with van der Waals surface area (Å²) in [5.41, 5.74) is 1.79. The van der Waals surface area contributed by atoms with Crippen molar-refractivity contribution in [2.45, 2.75) is 45.1 Å². The molecule has 7 heteroatoms. The molecule has 0 radical (unpaired) electrons. The third-order valence-corrected chi connectivity index (χ3v) is 9.39. The molecule has 2 aromatic rings. The van der Waals surface area contributed by atoms with Crippen LogP contribution in [-0.4, -0.2) is 45.0 Å². The van der Waals surface area contributed by atoms with Crippen LogP contribution in [0.2, 0.25) is 0 Å². The molecule has 3 aliphatic rings. The maximum atomic E-state index is 13.2. The summed E-state index contributed by atoms with van der Waals surface area (Å²) in [6.45, 7) is 2.28. The zero-order valence-corrected chi connectivity index (χ0v) is 19.4. The summed E-state index contributed by atoms with van der Waals surface area (Å²) in [6, 6.07) is 11.5. The van der Waals surface area contributed by atoms with E-state index in [0.29, 0.717) is 18.2 Å². The lowest BCUT2D eigenvalue weighted by molar-refractivity contribution is -0.140. The second-order valence-corrected chi connectivity index (χ2v) is 11.5. The molecular formula is C25H32N4O2S. The maximum absolute atomic E-state index is 13.2. The number of piperidine rings is 1. The van der Waals surface area contributed by atoms with Crippen LogP contribution in [0.4, 0.5) is 0 Å². The van der Waals surface area contributed by atoms with Crippen LogP contribution in [0.5, 0.6) is 0 Å². The molecule has 1 aromatic carbocycles. The molecule has 2 saturated heterocycles. The van der Waals surface area contributed by atoms with Crippen LogP contribution in [0.3, 0.4) is 0 Å². The van der Waals surface area contributed by atoms with Gasteiger partial charge in [-0.25, -0.2) is 4.98 Å². The number of hydrogen-bond acceptors (Lipinski definition) is 4. The van der Waals surface area contributed by atoms with E-state index >= 15 is 0 Å².